The van der Waals surface area contributed by atoms with Crippen molar-refractivity contribution in [2.75, 3.05) is 0 Å². The first-order valence-electron chi connectivity index (χ1n) is 3.92. The van der Waals surface area contributed by atoms with Gasteiger partial charge in [-0.15, -0.1) is 0 Å². The van der Waals surface area contributed by atoms with Gasteiger partial charge < -0.3 is 0 Å². The van der Waals surface area contributed by atoms with Crippen LogP contribution in [0.2, 0.25) is 0 Å². The number of aryl methyl sites for hydroxylation is 1. The molecule has 0 N–H and O–H groups in total. The first-order chi connectivity index (χ1) is 5.79. The maximum Gasteiger partial charge on any atom is 0.125 e. The van der Waals surface area contributed by atoms with Crippen LogP contribution in [0.5, 0.6) is 0 Å². The molecule has 0 unspecified atom stereocenters. The van der Waals surface area contributed by atoms with E-state index in [2.05, 4.69) is 5.10 Å². The Labute approximate surface area is 69.6 Å². The molecule has 1 heterocycles. The zero-order chi connectivity index (χ0) is 8.55. The molecule has 1 aromatic heterocycles. The molecule has 0 spiro atoms. The molecule has 0 fully saturated rings. The third-order valence-electron chi connectivity index (χ3n) is 1.84. The van der Waals surface area contributed by atoms with E-state index < -0.39 is 0 Å². The smallest absolute Gasteiger partial charge is 0.125 e. The average Bonchev–Trinajstić information content (AvgIpc) is 2.46. The molecule has 0 atom stereocenters. The van der Waals surface area contributed by atoms with Crippen molar-refractivity contribution in [3.63, 3.8) is 0 Å². The van der Waals surface area contributed by atoms with Crippen LogP contribution < -0.4 is 0 Å². The fourth-order valence-corrected chi connectivity index (χ4v) is 1.20. The highest BCUT2D eigenvalue weighted by Gasteiger charge is 1.99. The van der Waals surface area contributed by atoms with Gasteiger partial charge in [-0.05, 0) is 19.1 Å². The molecule has 2 rings (SSSR count). The Kier molecular flexibility index (Phi) is 1.57. The number of nitrogens with zero attached hydrogens (tertiary/aromatic N) is 2. The Balaban J connectivity index is 2.67. The van der Waals surface area contributed by atoms with Gasteiger partial charge in [0.2, 0.25) is 0 Å². The molecule has 0 bridgehead atoms. The van der Waals surface area contributed by atoms with Gasteiger partial charge in [-0.25, -0.2) is 4.39 Å². The third-order valence-corrected chi connectivity index (χ3v) is 1.84. The molecule has 1 aromatic carbocycles. The summed E-state index contributed by atoms with van der Waals surface area (Å²) in [5, 5.41) is 5.15. The number of hydrogen-bond acceptors (Lipinski definition) is 1. The second kappa shape index (κ2) is 2.59. The average molecular weight is 164 g/mol. The van der Waals surface area contributed by atoms with Gasteiger partial charge in [0, 0.05) is 24.2 Å². The highest BCUT2D eigenvalue weighted by atomic mass is 19.1. The molecule has 3 heteroatoms. The summed E-state index contributed by atoms with van der Waals surface area (Å²) in [6, 6.07) is 4.63. The molecule has 0 aliphatic rings. The Morgan fingerprint density at radius 3 is 3.08 bits per heavy atom. The molecule has 0 aliphatic heterocycles. The van der Waals surface area contributed by atoms with E-state index in [-0.39, 0.29) is 5.82 Å². The molecule has 0 saturated carbocycles. The van der Waals surface area contributed by atoms with Crippen LogP contribution in [0, 0.1) is 5.82 Å². The van der Waals surface area contributed by atoms with Gasteiger partial charge in [-0.3, -0.25) is 4.68 Å². The van der Waals surface area contributed by atoms with Crippen LogP contribution in [-0.4, -0.2) is 9.78 Å². The van der Waals surface area contributed by atoms with Crippen molar-refractivity contribution in [1.82, 2.24) is 9.78 Å². The van der Waals surface area contributed by atoms with Crippen molar-refractivity contribution in [3.8, 4) is 0 Å². The molecular weight excluding hydrogens is 155 g/mol. The lowest BCUT2D eigenvalue weighted by molar-refractivity contribution is 0.628. The summed E-state index contributed by atoms with van der Waals surface area (Å²) in [7, 11) is 0. The first-order valence-corrected chi connectivity index (χ1v) is 3.92. The topological polar surface area (TPSA) is 17.8 Å². The van der Waals surface area contributed by atoms with Crippen LogP contribution in [0.15, 0.2) is 24.4 Å². The van der Waals surface area contributed by atoms with Crippen molar-refractivity contribution in [2.24, 2.45) is 0 Å². The standard InChI is InChI=1S/C9H9FN2/c1-2-12-6-7-3-4-8(10)5-9(7)11-12/h3-6H,2H2,1H3. The minimum Gasteiger partial charge on any atom is -0.272 e. The van der Waals surface area contributed by atoms with E-state index >= 15 is 0 Å². The van der Waals surface area contributed by atoms with E-state index in [9.17, 15) is 4.39 Å². The Hall–Kier alpha value is -1.38. The second-order valence-electron chi connectivity index (χ2n) is 2.69. The summed E-state index contributed by atoms with van der Waals surface area (Å²) in [6.07, 6.45) is 1.91. The lowest BCUT2D eigenvalue weighted by Crippen LogP contribution is -1.92. The lowest BCUT2D eigenvalue weighted by Gasteiger charge is -1.88. The van der Waals surface area contributed by atoms with Crippen molar-refractivity contribution in [3.05, 3.63) is 30.2 Å². The predicted octanol–water partition coefficient (Wildman–Crippen LogP) is 2.20. The number of aromatic nitrogens is 2. The fraction of sp³-hybridized carbons (Fsp3) is 0.222. The lowest BCUT2D eigenvalue weighted by atomic mass is 10.2. The Morgan fingerprint density at radius 1 is 1.50 bits per heavy atom. The molecule has 2 aromatic rings. The van der Waals surface area contributed by atoms with Crippen molar-refractivity contribution in [2.45, 2.75) is 13.5 Å². The largest absolute Gasteiger partial charge is 0.272 e. The number of benzene rings is 1. The highest BCUT2D eigenvalue weighted by Crippen LogP contribution is 2.12. The number of halogens is 1. The summed E-state index contributed by atoms with van der Waals surface area (Å²) in [6.45, 7) is 2.82. The van der Waals surface area contributed by atoms with Gasteiger partial charge in [0.15, 0.2) is 0 Å². The van der Waals surface area contributed by atoms with Crippen LogP contribution >= 0.6 is 0 Å². The van der Waals surface area contributed by atoms with E-state index in [1.807, 2.05) is 13.1 Å². The van der Waals surface area contributed by atoms with E-state index in [0.717, 1.165) is 17.4 Å². The first kappa shape index (κ1) is 7.28. The minimum atomic E-state index is -0.233. The summed E-state index contributed by atoms with van der Waals surface area (Å²) in [5.74, 6) is -0.233. The van der Waals surface area contributed by atoms with Crippen LogP contribution in [0.1, 0.15) is 6.92 Å². The Bertz CT molecular complexity index is 406. The van der Waals surface area contributed by atoms with Gasteiger partial charge in [0.05, 0.1) is 5.52 Å². The van der Waals surface area contributed by atoms with Crippen LogP contribution in [0.3, 0.4) is 0 Å². The van der Waals surface area contributed by atoms with Gasteiger partial charge >= 0.3 is 0 Å². The molecule has 0 saturated heterocycles. The minimum absolute atomic E-state index is 0.233. The quantitative estimate of drug-likeness (QED) is 0.631. The van der Waals surface area contributed by atoms with Crippen molar-refractivity contribution in [1.29, 1.82) is 0 Å². The van der Waals surface area contributed by atoms with Gasteiger partial charge in [0.25, 0.3) is 0 Å². The molecule has 12 heavy (non-hydrogen) atoms. The van der Waals surface area contributed by atoms with Crippen molar-refractivity contribution >= 4 is 10.9 Å². The van der Waals surface area contributed by atoms with Crippen molar-refractivity contribution < 1.29 is 4.39 Å². The molecule has 0 aliphatic carbocycles. The van der Waals surface area contributed by atoms with Gasteiger partial charge in [-0.1, -0.05) is 0 Å². The zero-order valence-corrected chi connectivity index (χ0v) is 6.79. The van der Waals surface area contributed by atoms with E-state index in [1.165, 1.54) is 12.1 Å². The van der Waals surface area contributed by atoms with E-state index in [1.54, 1.807) is 10.7 Å². The number of fused-ring (bicyclic) bond motifs is 1. The summed E-state index contributed by atoms with van der Waals surface area (Å²) < 4.78 is 14.5. The molecule has 62 valence electrons. The predicted molar refractivity (Wildman–Crippen MR) is 45.4 cm³/mol. The monoisotopic (exact) mass is 164 g/mol. The molecule has 0 radical (unpaired) electrons. The van der Waals surface area contributed by atoms with E-state index in [4.69, 9.17) is 0 Å². The number of hydrogen-bond donors (Lipinski definition) is 0. The molecular formula is C9H9FN2. The van der Waals surface area contributed by atoms with Crippen LogP contribution in [-0.2, 0) is 6.54 Å². The zero-order valence-electron chi connectivity index (χ0n) is 6.79. The van der Waals surface area contributed by atoms with Gasteiger partial charge in [-0.2, -0.15) is 5.10 Å². The summed E-state index contributed by atoms with van der Waals surface area (Å²) in [4.78, 5) is 0. The SMILES string of the molecule is CCn1cc2ccc(F)cc2n1. The normalized spacial score (nSPS) is 10.8. The van der Waals surface area contributed by atoms with Crippen LogP contribution in [0.25, 0.3) is 10.9 Å². The summed E-state index contributed by atoms with van der Waals surface area (Å²) >= 11 is 0. The fourth-order valence-electron chi connectivity index (χ4n) is 1.20. The maximum absolute atomic E-state index is 12.7. The number of rotatable bonds is 1. The summed E-state index contributed by atoms with van der Waals surface area (Å²) in [5.41, 5.74) is 0.719. The third kappa shape index (κ3) is 1.07. The van der Waals surface area contributed by atoms with E-state index in [0.29, 0.717) is 0 Å². The highest BCUT2D eigenvalue weighted by molar-refractivity contribution is 5.77. The molecule has 0 amide bonds. The maximum atomic E-state index is 12.7. The van der Waals surface area contributed by atoms with Crippen LogP contribution in [0.4, 0.5) is 4.39 Å². The molecule has 2 nitrogen and oxygen atoms in total. The second-order valence-corrected chi connectivity index (χ2v) is 2.69. The van der Waals surface area contributed by atoms with Gasteiger partial charge in [0.1, 0.15) is 5.82 Å². The Morgan fingerprint density at radius 2 is 2.33 bits per heavy atom.